The largest absolute Gasteiger partial charge is 1.00 e. The number of hydrogen-bond donors (Lipinski definition) is 3. The molecule has 258 valence electrons. The van der Waals surface area contributed by atoms with Gasteiger partial charge >= 0.3 is 29.6 Å². The maximum absolute atomic E-state index is 12.5. The Morgan fingerprint density at radius 2 is 1.55 bits per heavy atom. The number of aliphatic hydroxyl groups is 2. The Morgan fingerprint density at radius 1 is 0.837 bits per heavy atom. The predicted octanol–water partition coefficient (Wildman–Crippen LogP) is 5.36. The van der Waals surface area contributed by atoms with E-state index in [1.54, 1.807) is 48.5 Å². The van der Waals surface area contributed by atoms with Crippen molar-refractivity contribution in [2.45, 2.75) is 92.8 Å². The van der Waals surface area contributed by atoms with Crippen molar-refractivity contribution in [3.05, 3.63) is 101 Å². The number of ether oxygens (including phenoxy) is 2. The van der Waals surface area contributed by atoms with Crippen LogP contribution in [-0.4, -0.2) is 41.5 Å². The van der Waals surface area contributed by atoms with E-state index in [0.717, 1.165) is 48.8 Å². The van der Waals surface area contributed by atoms with Crippen LogP contribution in [0.15, 0.2) is 93.5 Å². The third-order valence-corrected chi connectivity index (χ3v) is 10.1. The molecule has 8 nitrogen and oxygen atoms in total. The molecule has 0 amide bonds. The molecular weight excluding hydrogens is 672 g/mol. The average molecular weight is 717 g/mol. The molecule has 0 fully saturated rings. The molecule has 1 atom stereocenters. The van der Waals surface area contributed by atoms with Crippen LogP contribution in [0.3, 0.4) is 0 Å². The number of rotatable bonds is 19. The zero-order valence-electron chi connectivity index (χ0n) is 28.6. The van der Waals surface area contributed by atoms with Crippen LogP contribution in [-0.2, 0) is 28.1 Å². The molecule has 0 spiro atoms. The molecular formula is C38H45NaO8S2. The number of hydrogen-bond acceptors (Lipinski definition) is 9. The Morgan fingerprint density at radius 3 is 2.24 bits per heavy atom. The molecule has 0 aliphatic carbocycles. The second-order valence-corrected chi connectivity index (χ2v) is 14.2. The molecule has 11 heteroatoms. The van der Waals surface area contributed by atoms with E-state index < -0.39 is 22.8 Å². The molecule has 0 radical (unpaired) electrons. The Bertz CT molecular complexity index is 1730. The van der Waals surface area contributed by atoms with Crippen molar-refractivity contribution in [3.63, 3.8) is 0 Å². The van der Waals surface area contributed by atoms with Crippen LogP contribution in [0, 0.1) is 0 Å². The first-order valence-electron chi connectivity index (χ1n) is 16.5. The minimum Gasteiger partial charge on any atom is -0.744 e. The number of phenols is 1. The van der Waals surface area contributed by atoms with Crippen LogP contribution in [0.4, 0.5) is 0 Å². The summed E-state index contributed by atoms with van der Waals surface area (Å²) in [5, 5.41) is 32.6. The summed E-state index contributed by atoms with van der Waals surface area (Å²) in [6, 6.07) is 22.0. The van der Waals surface area contributed by atoms with Gasteiger partial charge in [0.1, 0.15) is 27.7 Å². The van der Waals surface area contributed by atoms with E-state index in [1.165, 1.54) is 18.9 Å². The fourth-order valence-corrected chi connectivity index (χ4v) is 7.22. The van der Waals surface area contributed by atoms with E-state index in [0.29, 0.717) is 41.2 Å². The topological polar surface area (TPSA) is 136 Å². The first-order chi connectivity index (χ1) is 23.2. The summed E-state index contributed by atoms with van der Waals surface area (Å²) in [4.78, 5) is 0.633. The first-order valence-corrected chi connectivity index (χ1v) is 18.7. The van der Waals surface area contributed by atoms with E-state index in [-0.39, 0.29) is 62.8 Å². The van der Waals surface area contributed by atoms with E-state index in [1.807, 2.05) is 24.3 Å². The summed E-state index contributed by atoms with van der Waals surface area (Å²) in [7, 11) is -4.87. The maximum atomic E-state index is 12.5. The first kappa shape index (κ1) is 41.0. The Hall–Kier alpha value is -2.38. The molecule has 3 N–H and O–H groups in total. The molecule has 4 rings (SSSR count). The van der Waals surface area contributed by atoms with Gasteiger partial charge in [0.2, 0.25) is 0 Å². The van der Waals surface area contributed by atoms with E-state index >= 15 is 0 Å². The van der Waals surface area contributed by atoms with Crippen molar-refractivity contribution in [2.75, 3.05) is 13.2 Å². The molecule has 0 heterocycles. The molecule has 1 unspecified atom stereocenters. The van der Waals surface area contributed by atoms with Crippen LogP contribution < -0.4 is 34.3 Å². The summed E-state index contributed by atoms with van der Waals surface area (Å²) >= 11 is 1.16. The zero-order chi connectivity index (χ0) is 34.5. The van der Waals surface area contributed by atoms with Crippen LogP contribution in [0.1, 0.15) is 87.2 Å². The van der Waals surface area contributed by atoms with Crippen LogP contribution >= 0.6 is 11.8 Å². The van der Waals surface area contributed by atoms with E-state index in [2.05, 4.69) is 13.8 Å². The second kappa shape index (κ2) is 20.5. The van der Waals surface area contributed by atoms with Crippen LogP contribution in [0.5, 0.6) is 11.5 Å². The average Bonchev–Trinajstić information content (AvgIpc) is 3.08. The zero-order valence-corrected chi connectivity index (χ0v) is 32.2. The number of benzene rings is 4. The minimum absolute atomic E-state index is 0. The number of aromatic hydroxyl groups is 1. The standard InChI is InChI=1S/C38H46O8S2.Na/c1-3-5-7-8-11-20-45-26-27-22-29(25-39)37(40)34(23-27)38(41)33-13-10-9-12-32(33)28-14-19-35(36(24-28)48(42,43)44)47-31-17-15-30(16-18-31)46-21-6-4-2;/h9-10,12-19,22-24,38-41H,3-8,11,20-21,25-26H2,1-2H3,(H,42,43,44);/q;+1/p-1. The summed E-state index contributed by atoms with van der Waals surface area (Å²) in [5.41, 5.74) is 2.41. The van der Waals surface area contributed by atoms with Crippen molar-refractivity contribution in [1.29, 1.82) is 0 Å². The minimum atomic E-state index is -4.87. The molecule has 0 aliphatic rings. The number of unbranched alkanes of at least 4 members (excludes halogenated alkanes) is 5. The van der Waals surface area contributed by atoms with Gasteiger partial charge in [-0.15, -0.1) is 0 Å². The predicted molar refractivity (Wildman–Crippen MR) is 187 cm³/mol. The Balaban J connectivity index is 0.00000650. The molecule has 0 aliphatic heterocycles. The van der Waals surface area contributed by atoms with Gasteiger partial charge in [-0.25, -0.2) is 8.42 Å². The van der Waals surface area contributed by atoms with Gasteiger partial charge in [0.05, 0.1) is 24.7 Å². The van der Waals surface area contributed by atoms with Crippen LogP contribution in [0.25, 0.3) is 11.1 Å². The molecule has 0 saturated heterocycles. The molecule has 4 aromatic carbocycles. The van der Waals surface area contributed by atoms with Gasteiger partial charge in [-0.3, -0.25) is 0 Å². The van der Waals surface area contributed by atoms with Gasteiger partial charge in [0.25, 0.3) is 0 Å². The fraction of sp³-hybridized carbons (Fsp3) is 0.368. The fourth-order valence-electron chi connectivity index (χ4n) is 5.38. The van der Waals surface area contributed by atoms with Gasteiger partial charge in [-0.1, -0.05) is 88.0 Å². The summed E-state index contributed by atoms with van der Waals surface area (Å²) in [6.07, 6.45) is 6.18. The van der Waals surface area contributed by atoms with Crippen molar-refractivity contribution in [3.8, 4) is 22.6 Å². The van der Waals surface area contributed by atoms with Gasteiger partial charge in [-0.2, -0.15) is 0 Å². The summed E-state index contributed by atoms with van der Waals surface area (Å²) < 4.78 is 49.0. The normalized spacial score (nSPS) is 12.0. The van der Waals surface area contributed by atoms with Crippen molar-refractivity contribution < 1.29 is 67.3 Å². The summed E-state index contributed by atoms with van der Waals surface area (Å²) in [6.45, 7) is 5.26. The molecule has 0 aromatic heterocycles. The number of aliphatic hydroxyl groups excluding tert-OH is 2. The van der Waals surface area contributed by atoms with Crippen LogP contribution in [0.2, 0.25) is 0 Å². The van der Waals surface area contributed by atoms with Gasteiger partial charge in [-0.05, 0) is 83.6 Å². The summed E-state index contributed by atoms with van der Waals surface area (Å²) in [5.74, 6) is 0.475. The van der Waals surface area contributed by atoms with Crippen molar-refractivity contribution in [2.24, 2.45) is 0 Å². The third kappa shape index (κ3) is 11.8. The van der Waals surface area contributed by atoms with Gasteiger partial charge in [0.15, 0.2) is 0 Å². The third-order valence-electron chi connectivity index (χ3n) is 8.00. The van der Waals surface area contributed by atoms with E-state index in [9.17, 15) is 28.3 Å². The van der Waals surface area contributed by atoms with Gasteiger partial charge in [0, 0.05) is 27.5 Å². The Kier molecular flexibility index (Phi) is 17.1. The molecule has 4 aromatic rings. The smallest absolute Gasteiger partial charge is 0.744 e. The molecule has 0 saturated carbocycles. The molecule has 49 heavy (non-hydrogen) atoms. The van der Waals surface area contributed by atoms with Gasteiger partial charge < -0.3 is 29.3 Å². The quantitative estimate of drug-likeness (QED) is 0.0666. The van der Waals surface area contributed by atoms with E-state index in [4.69, 9.17) is 9.47 Å². The second-order valence-electron chi connectivity index (χ2n) is 11.7. The maximum Gasteiger partial charge on any atom is 1.00 e. The van der Waals surface area contributed by atoms with Crippen molar-refractivity contribution >= 4 is 21.9 Å². The van der Waals surface area contributed by atoms with Crippen molar-refractivity contribution in [1.82, 2.24) is 0 Å². The monoisotopic (exact) mass is 716 g/mol. The molecule has 0 bridgehead atoms. The SMILES string of the molecule is CCCCCCCOCc1cc(CO)c(O)c(C(O)c2ccccc2-c2ccc(Sc3ccc(OCCCC)cc3)c(S(=O)(=O)[O-])c2)c1.[Na+]. The Labute approximate surface area is 316 Å².